The third-order valence-corrected chi connectivity index (χ3v) is 3.95. The van der Waals surface area contributed by atoms with Crippen LogP contribution in [-0.2, 0) is 0 Å². The smallest absolute Gasteiger partial charge is 0.0252 e. The number of hydrogen-bond acceptors (Lipinski definition) is 2. The summed E-state index contributed by atoms with van der Waals surface area (Å²) in [5.74, 6) is 0. The fourth-order valence-corrected chi connectivity index (χ4v) is 3.15. The second kappa shape index (κ2) is 3.25. The molecule has 1 saturated heterocycles. The van der Waals surface area contributed by atoms with Gasteiger partial charge >= 0.3 is 0 Å². The monoisotopic (exact) mass is 180 g/mol. The number of rotatable bonds is 1. The highest BCUT2D eigenvalue weighted by molar-refractivity contribution is 4.98. The number of fused-ring (bicyclic) bond motifs is 1. The van der Waals surface area contributed by atoms with Gasteiger partial charge in [-0.2, -0.15) is 0 Å². The van der Waals surface area contributed by atoms with Crippen molar-refractivity contribution in [1.82, 2.24) is 10.2 Å². The van der Waals surface area contributed by atoms with Gasteiger partial charge < -0.3 is 5.32 Å². The van der Waals surface area contributed by atoms with Gasteiger partial charge in [0.2, 0.25) is 0 Å². The standard InChI is InChI=1S/C11H20N2/c1-2-4-11-10(3-1)12-7-8-13(11)9-5-6-9/h9-12H,1-8H2/t10-,11+/m0/s1. The lowest BCUT2D eigenvalue weighted by molar-refractivity contribution is 0.0810. The fourth-order valence-electron chi connectivity index (χ4n) is 3.15. The van der Waals surface area contributed by atoms with Crippen molar-refractivity contribution in [3.05, 3.63) is 0 Å². The number of piperazine rings is 1. The Labute approximate surface area is 80.7 Å². The Morgan fingerprint density at radius 1 is 1.00 bits per heavy atom. The first kappa shape index (κ1) is 8.25. The summed E-state index contributed by atoms with van der Waals surface area (Å²) >= 11 is 0. The first-order valence-corrected chi connectivity index (χ1v) is 5.94. The Hall–Kier alpha value is -0.0800. The van der Waals surface area contributed by atoms with Crippen LogP contribution in [0.15, 0.2) is 0 Å². The zero-order chi connectivity index (χ0) is 8.67. The highest BCUT2D eigenvalue weighted by Gasteiger charge is 2.40. The van der Waals surface area contributed by atoms with Crippen molar-refractivity contribution in [3.63, 3.8) is 0 Å². The molecule has 3 fully saturated rings. The van der Waals surface area contributed by atoms with Gasteiger partial charge in [-0.3, -0.25) is 4.90 Å². The summed E-state index contributed by atoms with van der Waals surface area (Å²) in [6.07, 6.45) is 8.74. The molecule has 1 aliphatic heterocycles. The molecule has 13 heavy (non-hydrogen) atoms. The Morgan fingerprint density at radius 3 is 2.69 bits per heavy atom. The van der Waals surface area contributed by atoms with Crippen LogP contribution in [0.25, 0.3) is 0 Å². The van der Waals surface area contributed by atoms with Crippen LogP contribution >= 0.6 is 0 Å². The predicted molar refractivity (Wildman–Crippen MR) is 53.8 cm³/mol. The third-order valence-electron chi connectivity index (χ3n) is 3.95. The molecule has 0 aromatic heterocycles. The second-order valence-electron chi connectivity index (χ2n) is 4.88. The van der Waals surface area contributed by atoms with Crippen LogP contribution in [-0.4, -0.2) is 36.1 Å². The third kappa shape index (κ3) is 1.50. The first-order chi connectivity index (χ1) is 6.45. The molecule has 0 bridgehead atoms. The first-order valence-electron chi connectivity index (χ1n) is 5.94. The van der Waals surface area contributed by atoms with Crippen molar-refractivity contribution < 1.29 is 0 Å². The van der Waals surface area contributed by atoms with Crippen molar-refractivity contribution in [2.24, 2.45) is 0 Å². The summed E-state index contributed by atoms with van der Waals surface area (Å²) in [4.78, 5) is 2.81. The van der Waals surface area contributed by atoms with Crippen LogP contribution < -0.4 is 5.32 Å². The van der Waals surface area contributed by atoms with Gasteiger partial charge in [0, 0.05) is 31.2 Å². The number of nitrogens with zero attached hydrogens (tertiary/aromatic N) is 1. The van der Waals surface area contributed by atoms with Crippen molar-refractivity contribution in [1.29, 1.82) is 0 Å². The largest absolute Gasteiger partial charge is 0.311 e. The van der Waals surface area contributed by atoms with Crippen LogP contribution in [0.5, 0.6) is 0 Å². The molecule has 3 aliphatic rings. The molecule has 0 aromatic carbocycles. The molecule has 2 aliphatic carbocycles. The molecule has 0 aromatic rings. The van der Waals surface area contributed by atoms with E-state index in [4.69, 9.17) is 0 Å². The van der Waals surface area contributed by atoms with E-state index < -0.39 is 0 Å². The molecule has 2 nitrogen and oxygen atoms in total. The number of hydrogen-bond donors (Lipinski definition) is 1. The summed E-state index contributed by atoms with van der Waals surface area (Å²) in [5.41, 5.74) is 0. The molecule has 2 atom stereocenters. The molecular weight excluding hydrogens is 160 g/mol. The quantitative estimate of drug-likeness (QED) is 0.655. The molecule has 0 amide bonds. The Morgan fingerprint density at radius 2 is 1.85 bits per heavy atom. The van der Waals surface area contributed by atoms with E-state index >= 15 is 0 Å². The Balaban J connectivity index is 1.71. The lowest BCUT2D eigenvalue weighted by Gasteiger charge is -2.45. The van der Waals surface area contributed by atoms with Gasteiger partial charge in [-0.15, -0.1) is 0 Å². The molecule has 2 saturated carbocycles. The van der Waals surface area contributed by atoms with E-state index in [1.54, 1.807) is 0 Å². The maximum Gasteiger partial charge on any atom is 0.0252 e. The van der Waals surface area contributed by atoms with Gasteiger partial charge in [0.25, 0.3) is 0 Å². The van der Waals surface area contributed by atoms with Crippen LogP contribution in [0.3, 0.4) is 0 Å². The van der Waals surface area contributed by atoms with Crippen molar-refractivity contribution in [2.45, 2.75) is 56.7 Å². The summed E-state index contributed by atoms with van der Waals surface area (Å²) in [6.45, 7) is 2.55. The molecule has 0 radical (unpaired) electrons. The Bertz CT molecular complexity index is 187. The highest BCUT2D eigenvalue weighted by atomic mass is 15.3. The zero-order valence-corrected chi connectivity index (χ0v) is 8.34. The second-order valence-corrected chi connectivity index (χ2v) is 4.88. The molecular formula is C11H20N2. The lowest BCUT2D eigenvalue weighted by atomic mass is 9.87. The summed E-state index contributed by atoms with van der Waals surface area (Å²) in [5, 5.41) is 3.69. The van der Waals surface area contributed by atoms with Gasteiger partial charge in [-0.25, -0.2) is 0 Å². The molecule has 1 heterocycles. The van der Waals surface area contributed by atoms with Gasteiger partial charge in [0.15, 0.2) is 0 Å². The molecule has 3 rings (SSSR count). The topological polar surface area (TPSA) is 15.3 Å². The van der Waals surface area contributed by atoms with Gasteiger partial charge in [0.05, 0.1) is 0 Å². The normalized spacial score (nSPS) is 41.5. The van der Waals surface area contributed by atoms with E-state index in [9.17, 15) is 0 Å². The summed E-state index contributed by atoms with van der Waals surface area (Å²) in [6, 6.07) is 2.71. The fraction of sp³-hybridized carbons (Fsp3) is 1.00. The lowest BCUT2D eigenvalue weighted by Crippen LogP contribution is -2.59. The minimum Gasteiger partial charge on any atom is -0.311 e. The average Bonchev–Trinajstić information content (AvgIpc) is 3.00. The minimum atomic E-state index is 0.836. The van der Waals surface area contributed by atoms with Gasteiger partial charge in [-0.1, -0.05) is 12.8 Å². The number of nitrogens with one attached hydrogen (secondary N) is 1. The van der Waals surface area contributed by atoms with Crippen LogP contribution in [0, 0.1) is 0 Å². The summed E-state index contributed by atoms with van der Waals surface area (Å²) in [7, 11) is 0. The van der Waals surface area contributed by atoms with E-state index in [1.807, 2.05) is 0 Å². The van der Waals surface area contributed by atoms with E-state index in [-0.39, 0.29) is 0 Å². The van der Waals surface area contributed by atoms with Crippen molar-refractivity contribution in [2.75, 3.05) is 13.1 Å². The Kier molecular flexibility index (Phi) is 2.06. The maximum absolute atomic E-state index is 3.69. The van der Waals surface area contributed by atoms with E-state index in [0.29, 0.717) is 0 Å². The molecule has 2 heteroatoms. The average molecular weight is 180 g/mol. The predicted octanol–water partition coefficient (Wildman–Crippen LogP) is 1.37. The highest BCUT2D eigenvalue weighted by Crippen LogP contribution is 2.34. The van der Waals surface area contributed by atoms with Gasteiger partial charge in [0.1, 0.15) is 0 Å². The SMILES string of the molecule is C1CC[C@@H]2[C@H](C1)NCCN2C1CC1. The van der Waals surface area contributed by atoms with Crippen molar-refractivity contribution in [3.8, 4) is 0 Å². The molecule has 0 unspecified atom stereocenters. The molecule has 1 N–H and O–H groups in total. The van der Waals surface area contributed by atoms with Crippen molar-refractivity contribution >= 4 is 0 Å². The van der Waals surface area contributed by atoms with E-state index in [0.717, 1.165) is 18.1 Å². The maximum atomic E-state index is 3.69. The molecule has 0 spiro atoms. The summed E-state index contributed by atoms with van der Waals surface area (Å²) < 4.78 is 0. The van der Waals surface area contributed by atoms with E-state index in [2.05, 4.69) is 10.2 Å². The van der Waals surface area contributed by atoms with Crippen LogP contribution in [0.1, 0.15) is 38.5 Å². The van der Waals surface area contributed by atoms with Crippen LogP contribution in [0.4, 0.5) is 0 Å². The van der Waals surface area contributed by atoms with E-state index in [1.165, 1.54) is 51.6 Å². The van der Waals surface area contributed by atoms with Crippen LogP contribution in [0.2, 0.25) is 0 Å². The molecule has 74 valence electrons. The van der Waals surface area contributed by atoms with Gasteiger partial charge in [-0.05, 0) is 25.7 Å². The minimum absolute atomic E-state index is 0.836. The zero-order valence-electron chi connectivity index (χ0n) is 8.34.